The van der Waals surface area contributed by atoms with E-state index in [1.807, 2.05) is 12.3 Å². The van der Waals surface area contributed by atoms with Gasteiger partial charge in [0.1, 0.15) is 6.10 Å². The number of aromatic nitrogens is 1. The number of ether oxygens (including phenoxy) is 2. The van der Waals surface area contributed by atoms with Crippen molar-refractivity contribution in [2.75, 3.05) is 33.3 Å². The first kappa shape index (κ1) is 22.8. The maximum Gasteiger partial charge on any atom is 0.166 e. The molecule has 0 amide bonds. The monoisotopic (exact) mass is 501 g/mol. The van der Waals surface area contributed by atoms with Crippen molar-refractivity contribution in [1.29, 1.82) is 0 Å². The van der Waals surface area contributed by atoms with Crippen molar-refractivity contribution >= 4 is 0 Å². The first-order valence-corrected chi connectivity index (χ1v) is 14.6. The molecule has 4 fully saturated rings. The Morgan fingerprint density at radius 2 is 2.03 bits per heavy atom. The van der Waals surface area contributed by atoms with Crippen LogP contribution >= 0.6 is 0 Å². The zero-order valence-electron chi connectivity index (χ0n) is 22.0. The molecule has 1 aromatic heterocycles. The highest BCUT2D eigenvalue weighted by atomic mass is 16.5. The zero-order chi connectivity index (χ0) is 24.8. The van der Waals surface area contributed by atoms with Crippen LogP contribution in [0.2, 0.25) is 0 Å². The minimum atomic E-state index is -0.754. The van der Waals surface area contributed by atoms with Crippen molar-refractivity contribution in [3.63, 3.8) is 0 Å². The van der Waals surface area contributed by atoms with Gasteiger partial charge in [-0.3, -0.25) is 14.8 Å². The van der Waals surface area contributed by atoms with Crippen LogP contribution in [0.1, 0.15) is 61.8 Å². The predicted molar refractivity (Wildman–Crippen MR) is 141 cm³/mol. The number of fused-ring (bicyclic) bond motifs is 1. The van der Waals surface area contributed by atoms with Gasteiger partial charge in [0.05, 0.1) is 23.7 Å². The van der Waals surface area contributed by atoms with E-state index in [1.54, 1.807) is 7.11 Å². The SMILES string of the molecule is COc1ccc2c3c1O[C@H]1[C@@]4(CCCN4CCc4ccccn4)CC[C@@]4(O)[C@@H](C2)N(CC2CC2)CC[C@]314. The highest BCUT2D eigenvalue weighted by Crippen LogP contribution is 2.69. The summed E-state index contributed by atoms with van der Waals surface area (Å²) in [5.41, 5.74) is 2.65. The Bertz CT molecular complexity index is 1220. The molecular weight excluding hydrogens is 462 g/mol. The zero-order valence-corrected chi connectivity index (χ0v) is 22.0. The normalized spacial score (nSPS) is 38.0. The predicted octanol–water partition coefficient (Wildman–Crippen LogP) is 3.73. The average molecular weight is 502 g/mol. The minimum absolute atomic E-state index is 0.0408. The molecule has 2 spiro atoms. The summed E-state index contributed by atoms with van der Waals surface area (Å²) in [7, 11) is 1.75. The summed E-state index contributed by atoms with van der Waals surface area (Å²) in [6, 6.07) is 10.8. The fraction of sp³-hybridized carbons (Fsp3) is 0.645. The van der Waals surface area contributed by atoms with Crippen molar-refractivity contribution in [3.05, 3.63) is 53.3 Å². The Balaban J connectivity index is 1.23. The summed E-state index contributed by atoms with van der Waals surface area (Å²) in [4.78, 5) is 9.99. The van der Waals surface area contributed by atoms with Gasteiger partial charge >= 0.3 is 0 Å². The lowest BCUT2D eigenvalue weighted by atomic mass is 9.45. The van der Waals surface area contributed by atoms with Gasteiger partial charge in [0.15, 0.2) is 11.5 Å². The van der Waals surface area contributed by atoms with Gasteiger partial charge < -0.3 is 14.6 Å². The van der Waals surface area contributed by atoms with Crippen molar-refractivity contribution in [1.82, 2.24) is 14.8 Å². The van der Waals surface area contributed by atoms with Gasteiger partial charge in [0, 0.05) is 43.0 Å². The van der Waals surface area contributed by atoms with Crippen molar-refractivity contribution in [2.45, 2.75) is 86.5 Å². The molecule has 4 heterocycles. The van der Waals surface area contributed by atoms with Gasteiger partial charge in [-0.2, -0.15) is 0 Å². The van der Waals surface area contributed by atoms with Gasteiger partial charge in [-0.25, -0.2) is 0 Å². The molecule has 8 rings (SSSR count). The van der Waals surface area contributed by atoms with Crippen LogP contribution in [0.15, 0.2) is 36.5 Å². The second-order valence-corrected chi connectivity index (χ2v) is 12.7. The molecule has 6 nitrogen and oxygen atoms in total. The fourth-order valence-corrected chi connectivity index (χ4v) is 9.40. The number of nitrogens with zero attached hydrogens (tertiary/aromatic N) is 3. The van der Waals surface area contributed by atoms with E-state index in [1.165, 1.54) is 30.4 Å². The van der Waals surface area contributed by atoms with Crippen LogP contribution in [-0.4, -0.2) is 76.5 Å². The van der Waals surface area contributed by atoms with E-state index in [0.29, 0.717) is 0 Å². The van der Waals surface area contributed by atoms with Crippen LogP contribution in [-0.2, 0) is 18.3 Å². The number of hydrogen-bond acceptors (Lipinski definition) is 6. The third-order valence-corrected chi connectivity index (χ3v) is 11.2. The molecule has 6 aliphatic rings. The van der Waals surface area contributed by atoms with Crippen LogP contribution < -0.4 is 9.47 Å². The first-order chi connectivity index (χ1) is 18.1. The van der Waals surface area contributed by atoms with Crippen molar-refractivity contribution < 1.29 is 14.6 Å². The molecule has 2 aromatic rings. The van der Waals surface area contributed by atoms with Crippen LogP contribution in [0.4, 0.5) is 0 Å². The van der Waals surface area contributed by atoms with Crippen molar-refractivity contribution in [2.24, 2.45) is 5.92 Å². The molecule has 37 heavy (non-hydrogen) atoms. The number of likely N-dealkylation sites (tertiary alicyclic amines) is 2. The third kappa shape index (κ3) is 2.95. The van der Waals surface area contributed by atoms with E-state index in [0.717, 1.165) is 87.8 Å². The highest BCUT2D eigenvalue weighted by Gasteiger charge is 2.76. The van der Waals surface area contributed by atoms with E-state index in [9.17, 15) is 5.11 Å². The highest BCUT2D eigenvalue weighted by molar-refractivity contribution is 5.63. The van der Waals surface area contributed by atoms with Gasteiger partial charge in [-0.05, 0) is 94.1 Å². The summed E-state index contributed by atoms with van der Waals surface area (Å²) < 4.78 is 13.0. The maximum atomic E-state index is 12.9. The largest absolute Gasteiger partial charge is 0.493 e. The molecular formula is C31H39N3O3. The molecule has 2 saturated carbocycles. The number of hydrogen-bond donors (Lipinski definition) is 1. The summed E-state index contributed by atoms with van der Waals surface area (Å²) in [6.45, 7) is 4.29. The Hall–Kier alpha value is -2.15. The lowest BCUT2D eigenvalue weighted by Crippen LogP contribution is -2.80. The molecule has 0 radical (unpaired) electrons. The van der Waals surface area contributed by atoms with E-state index in [4.69, 9.17) is 9.47 Å². The van der Waals surface area contributed by atoms with E-state index in [2.05, 4.69) is 39.0 Å². The minimum Gasteiger partial charge on any atom is -0.493 e. The van der Waals surface area contributed by atoms with Crippen LogP contribution in [0.25, 0.3) is 0 Å². The van der Waals surface area contributed by atoms with Gasteiger partial charge in [-0.15, -0.1) is 0 Å². The number of rotatable bonds is 6. The number of methoxy groups -OCH3 is 1. The van der Waals surface area contributed by atoms with E-state index < -0.39 is 5.60 Å². The van der Waals surface area contributed by atoms with Gasteiger partial charge in [-0.1, -0.05) is 12.1 Å². The van der Waals surface area contributed by atoms with Crippen LogP contribution in [0, 0.1) is 5.92 Å². The number of pyridine rings is 1. The molecule has 1 N–H and O–H groups in total. The molecule has 6 heteroatoms. The summed E-state index contributed by atoms with van der Waals surface area (Å²) >= 11 is 0. The van der Waals surface area contributed by atoms with Crippen LogP contribution in [0.5, 0.6) is 11.5 Å². The summed E-state index contributed by atoms with van der Waals surface area (Å²) in [5, 5.41) is 12.9. The third-order valence-electron chi connectivity index (χ3n) is 11.2. The molecule has 1 aromatic carbocycles. The lowest BCUT2D eigenvalue weighted by Gasteiger charge is -2.67. The summed E-state index contributed by atoms with van der Waals surface area (Å²) in [5.74, 6) is 2.58. The van der Waals surface area contributed by atoms with E-state index >= 15 is 0 Å². The quantitative estimate of drug-likeness (QED) is 0.651. The Morgan fingerprint density at radius 1 is 1.11 bits per heavy atom. The number of aliphatic hydroxyl groups is 1. The first-order valence-electron chi connectivity index (χ1n) is 14.6. The molecule has 0 unspecified atom stereocenters. The lowest BCUT2D eigenvalue weighted by molar-refractivity contribution is -0.216. The molecule has 5 atom stereocenters. The Labute approximate surface area is 220 Å². The molecule has 3 aliphatic carbocycles. The average Bonchev–Trinajstić information content (AvgIpc) is 3.53. The Kier molecular flexibility index (Phi) is 4.89. The van der Waals surface area contributed by atoms with Crippen LogP contribution in [0.3, 0.4) is 0 Å². The molecule has 2 bridgehead atoms. The topological polar surface area (TPSA) is 58.1 Å². The molecule has 196 valence electrons. The van der Waals surface area contributed by atoms with Gasteiger partial charge in [0.2, 0.25) is 0 Å². The van der Waals surface area contributed by atoms with E-state index in [-0.39, 0.29) is 23.1 Å². The number of piperidine rings is 1. The molecule has 3 aliphatic heterocycles. The Morgan fingerprint density at radius 3 is 2.84 bits per heavy atom. The summed E-state index contributed by atoms with van der Waals surface area (Å²) in [6.07, 6.45) is 11.6. The smallest absolute Gasteiger partial charge is 0.166 e. The molecule has 2 saturated heterocycles. The maximum absolute atomic E-state index is 12.9. The second-order valence-electron chi connectivity index (χ2n) is 12.7. The number of benzene rings is 1. The van der Waals surface area contributed by atoms with Gasteiger partial charge in [0.25, 0.3) is 0 Å². The fourth-order valence-electron chi connectivity index (χ4n) is 9.40. The second kappa shape index (κ2) is 7.93. The van der Waals surface area contributed by atoms with Crippen molar-refractivity contribution in [3.8, 4) is 11.5 Å². The standard InChI is InChI=1S/C31H39N3O3/c1-36-24-9-8-22-19-25-31(35)13-12-29(11-4-16-34(29)17-10-23-5-2-3-15-32-23)28-30(31,26(22)27(24)37-28)14-18-33(25)20-21-6-7-21/h2-3,5,8-9,15,21,25,28,35H,4,6-7,10-14,16-20H2,1H3/t25-,28+,29-,30+,31-/m1/s1.